The molecule has 0 fully saturated rings. The number of nitrogens with one attached hydrogen (secondary N) is 1. The number of fused-ring (bicyclic) bond motifs is 1. The molecule has 0 aliphatic rings. The van der Waals surface area contributed by atoms with Gasteiger partial charge in [0.05, 0.1) is 16.1 Å². The van der Waals surface area contributed by atoms with Crippen LogP contribution >= 0.6 is 23.2 Å². The fourth-order valence-electron chi connectivity index (χ4n) is 2.14. The van der Waals surface area contributed by atoms with Crippen molar-refractivity contribution in [1.82, 2.24) is 9.97 Å². The third-order valence-electron chi connectivity index (χ3n) is 3.28. The van der Waals surface area contributed by atoms with Crippen molar-refractivity contribution < 1.29 is 9.84 Å². The molecule has 1 aromatic heterocycles. The lowest BCUT2D eigenvalue weighted by Gasteiger charge is -2.08. The van der Waals surface area contributed by atoms with Crippen molar-refractivity contribution in [3.05, 3.63) is 64.1 Å². The number of hydrogen-bond donors (Lipinski definition) is 2. The average molecular weight is 360 g/mol. The van der Waals surface area contributed by atoms with Crippen molar-refractivity contribution in [2.75, 3.05) is 6.61 Å². The van der Waals surface area contributed by atoms with Crippen LogP contribution in [0.5, 0.6) is 5.75 Å². The second kappa shape index (κ2) is 6.83. The van der Waals surface area contributed by atoms with E-state index in [0.717, 1.165) is 5.52 Å². The molecule has 0 aliphatic carbocycles. The van der Waals surface area contributed by atoms with Gasteiger partial charge in [-0.2, -0.15) is 5.26 Å². The number of hydrogen-bond acceptors (Lipinski definition) is 4. The Hall–Kier alpha value is -2.68. The summed E-state index contributed by atoms with van der Waals surface area (Å²) in [5.41, 5.74) is 1.49. The molecule has 7 heteroatoms. The van der Waals surface area contributed by atoms with E-state index in [1.807, 2.05) is 30.3 Å². The highest BCUT2D eigenvalue weighted by Gasteiger charge is 2.14. The van der Waals surface area contributed by atoms with Gasteiger partial charge in [0.15, 0.2) is 11.6 Å². The number of nitrogens with zero attached hydrogens (tertiary/aromatic N) is 2. The highest BCUT2D eigenvalue weighted by Crippen LogP contribution is 2.28. The second-order valence-electron chi connectivity index (χ2n) is 4.90. The van der Waals surface area contributed by atoms with Gasteiger partial charge in [0.1, 0.15) is 24.0 Å². The summed E-state index contributed by atoms with van der Waals surface area (Å²) in [6.07, 6.45) is 0. The van der Waals surface area contributed by atoms with Gasteiger partial charge >= 0.3 is 0 Å². The standard InChI is InChI=1S/C17H11Cl2N3O2/c18-10-5-6-16(12(19)7-10)24-9-15(23)11(8-20)17-21-13-3-1-2-4-14(13)22-17/h1-7,23H,9H2,(H,21,22)/b15-11-. The smallest absolute Gasteiger partial charge is 0.152 e. The molecule has 24 heavy (non-hydrogen) atoms. The van der Waals surface area contributed by atoms with Crippen molar-refractivity contribution in [2.45, 2.75) is 0 Å². The van der Waals surface area contributed by atoms with Crippen molar-refractivity contribution in [3.63, 3.8) is 0 Å². The van der Waals surface area contributed by atoms with E-state index >= 15 is 0 Å². The molecule has 2 N–H and O–H groups in total. The summed E-state index contributed by atoms with van der Waals surface area (Å²) in [5, 5.41) is 20.3. The molecule has 0 unspecified atom stereocenters. The Balaban J connectivity index is 1.86. The molecule has 0 atom stereocenters. The highest BCUT2D eigenvalue weighted by molar-refractivity contribution is 6.35. The number of rotatable bonds is 4. The summed E-state index contributed by atoms with van der Waals surface area (Å²) in [7, 11) is 0. The van der Waals surface area contributed by atoms with Gasteiger partial charge in [-0.3, -0.25) is 0 Å². The van der Waals surface area contributed by atoms with Gasteiger partial charge in [-0.25, -0.2) is 4.98 Å². The number of allylic oxidation sites excluding steroid dienone is 1. The lowest BCUT2D eigenvalue weighted by Crippen LogP contribution is -2.04. The van der Waals surface area contributed by atoms with Crippen LogP contribution in [0.2, 0.25) is 10.0 Å². The summed E-state index contributed by atoms with van der Waals surface area (Å²) in [5.74, 6) is 0.388. The lowest BCUT2D eigenvalue weighted by molar-refractivity contribution is 0.272. The van der Waals surface area contributed by atoms with E-state index in [0.29, 0.717) is 21.3 Å². The number of nitriles is 1. The quantitative estimate of drug-likeness (QED) is 0.520. The van der Waals surface area contributed by atoms with Gasteiger partial charge in [0.25, 0.3) is 0 Å². The number of aromatic nitrogens is 2. The minimum Gasteiger partial charge on any atom is -0.507 e. The number of aliphatic hydroxyl groups excluding tert-OH is 1. The fraction of sp³-hybridized carbons (Fsp3) is 0.0588. The first-order valence-electron chi connectivity index (χ1n) is 6.93. The Morgan fingerprint density at radius 3 is 2.75 bits per heavy atom. The van der Waals surface area contributed by atoms with Crippen LogP contribution in [0.25, 0.3) is 16.6 Å². The minimum absolute atomic E-state index is 0.0104. The van der Waals surface area contributed by atoms with Gasteiger partial charge in [-0.15, -0.1) is 0 Å². The normalized spacial score (nSPS) is 11.9. The SMILES string of the molecule is N#C/C(=C(/O)COc1ccc(Cl)cc1Cl)c1nc2ccccc2[nH]1. The Kier molecular flexibility index (Phi) is 4.61. The van der Waals surface area contributed by atoms with Gasteiger partial charge in [-0.1, -0.05) is 35.3 Å². The first-order valence-corrected chi connectivity index (χ1v) is 7.69. The number of aliphatic hydroxyl groups is 1. The molecule has 2 aromatic carbocycles. The maximum absolute atomic E-state index is 10.2. The largest absolute Gasteiger partial charge is 0.507 e. The van der Waals surface area contributed by atoms with Crippen LogP contribution in [0.3, 0.4) is 0 Å². The molecular formula is C17H11Cl2N3O2. The molecule has 0 saturated carbocycles. The topological polar surface area (TPSA) is 81.9 Å². The lowest BCUT2D eigenvalue weighted by atomic mass is 10.2. The zero-order valence-electron chi connectivity index (χ0n) is 12.3. The van der Waals surface area contributed by atoms with Crippen LogP contribution < -0.4 is 4.74 Å². The molecule has 0 aliphatic heterocycles. The molecule has 0 bridgehead atoms. The van der Waals surface area contributed by atoms with Gasteiger partial charge in [0.2, 0.25) is 0 Å². The van der Waals surface area contributed by atoms with Gasteiger partial charge in [0, 0.05) is 5.02 Å². The van der Waals surface area contributed by atoms with E-state index in [2.05, 4.69) is 9.97 Å². The number of H-pyrrole nitrogens is 1. The Morgan fingerprint density at radius 1 is 1.25 bits per heavy atom. The highest BCUT2D eigenvalue weighted by atomic mass is 35.5. The second-order valence-corrected chi connectivity index (χ2v) is 5.74. The number of imidazole rings is 1. The Bertz CT molecular complexity index is 940. The van der Waals surface area contributed by atoms with Gasteiger partial charge < -0.3 is 14.8 Å². The zero-order valence-corrected chi connectivity index (χ0v) is 13.8. The van der Waals surface area contributed by atoms with Crippen LogP contribution in [0.1, 0.15) is 5.82 Å². The first kappa shape index (κ1) is 16.2. The minimum atomic E-state index is -0.248. The van der Waals surface area contributed by atoms with Crippen LogP contribution in [0.15, 0.2) is 48.2 Å². The number of para-hydroxylation sites is 2. The van der Waals surface area contributed by atoms with Crippen molar-refractivity contribution in [2.24, 2.45) is 0 Å². The van der Waals surface area contributed by atoms with E-state index in [9.17, 15) is 10.4 Å². The molecule has 0 saturated heterocycles. The predicted octanol–water partition coefficient (Wildman–Crippen LogP) is 4.74. The summed E-state index contributed by atoms with van der Waals surface area (Å²) in [4.78, 5) is 7.29. The Labute approximate surface area is 147 Å². The number of halogens is 2. The molecule has 5 nitrogen and oxygen atoms in total. The van der Waals surface area contributed by atoms with Crippen LogP contribution in [-0.4, -0.2) is 21.7 Å². The van der Waals surface area contributed by atoms with E-state index in [1.165, 1.54) is 6.07 Å². The molecule has 120 valence electrons. The summed E-state index contributed by atoms with van der Waals surface area (Å²) >= 11 is 11.8. The van der Waals surface area contributed by atoms with Crippen molar-refractivity contribution >= 4 is 39.8 Å². The third kappa shape index (κ3) is 3.30. The number of aromatic amines is 1. The van der Waals surface area contributed by atoms with E-state index in [-0.39, 0.29) is 23.8 Å². The summed E-state index contributed by atoms with van der Waals surface area (Å²) < 4.78 is 5.44. The molecule has 0 amide bonds. The molecule has 0 radical (unpaired) electrons. The van der Waals surface area contributed by atoms with Crippen LogP contribution in [0.4, 0.5) is 0 Å². The molecule has 0 spiro atoms. The molecular weight excluding hydrogens is 349 g/mol. The zero-order chi connectivity index (χ0) is 17.1. The first-order chi connectivity index (χ1) is 11.6. The number of benzene rings is 2. The maximum Gasteiger partial charge on any atom is 0.152 e. The van der Waals surface area contributed by atoms with E-state index in [4.69, 9.17) is 27.9 Å². The average Bonchev–Trinajstić information content (AvgIpc) is 2.98. The number of ether oxygens (including phenoxy) is 1. The monoisotopic (exact) mass is 359 g/mol. The van der Waals surface area contributed by atoms with E-state index in [1.54, 1.807) is 12.1 Å². The van der Waals surface area contributed by atoms with E-state index < -0.39 is 0 Å². The van der Waals surface area contributed by atoms with Gasteiger partial charge in [-0.05, 0) is 30.3 Å². The third-order valence-corrected chi connectivity index (χ3v) is 3.82. The Morgan fingerprint density at radius 2 is 2.04 bits per heavy atom. The van der Waals surface area contributed by atoms with Crippen molar-refractivity contribution in [3.8, 4) is 11.8 Å². The predicted molar refractivity (Wildman–Crippen MR) is 93.2 cm³/mol. The molecule has 3 rings (SSSR count). The van der Waals surface area contributed by atoms with Crippen LogP contribution in [-0.2, 0) is 0 Å². The molecule has 1 heterocycles. The van der Waals surface area contributed by atoms with Crippen molar-refractivity contribution in [1.29, 1.82) is 5.26 Å². The molecule has 3 aromatic rings. The van der Waals surface area contributed by atoms with Crippen LogP contribution in [0, 0.1) is 11.3 Å². The summed E-state index contributed by atoms with van der Waals surface area (Å²) in [6.45, 7) is -0.221. The summed E-state index contributed by atoms with van der Waals surface area (Å²) in [6, 6.07) is 14.0. The maximum atomic E-state index is 10.2. The fourth-order valence-corrected chi connectivity index (χ4v) is 2.60.